The number of carbonyl (C=O) groups excluding carboxylic acids is 1. The molecular weight excluding hydrogens is 218 g/mol. The molecule has 0 aliphatic carbocycles. The van der Waals surface area contributed by atoms with Crippen LogP contribution in [0.25, 0.3) is 0 Å². The van der Waals surface area contributed by atoms with Crippen molar-refractivity contribution in [2.45, 2.75) is 25.3 Å². The largest absolute Gasteiger partial charge is 0.469 e. The maximum Gasteiger partial charge on any atom is 0.305 e. The number of rotatable bonds is 5. The Morgan fingerprint density at radius 1 is 1.53 bits per heavy atom. The van der Waals surface area contributed by atoms with Crippen LogP contribution in [0.5, 0.6) is 0 Å². The van der Waals surface area contributed by atoms with Gasteiger partial charge >= 0.3 is 5.97 Å². The molecule has 0 bridgehead atoms. The van der Waals surface area contributed by atoms with E-state index in [0.717, 1.165) is 0 Å². The first kappa shape index (κ1) is 12.4. The molecule has 0 amide bonds. The van der Waals surface area contributed by atoms with Crippen molar-refractivity contribution in [1.82, 2.24) is 5.32 Å². The Morgan fingerprint density at radius 2 is 2.27 bits per heavy atom. The molecule has 0 aromatic carbocycles. The lowest BCUT2D eigenvalue weighted by Crippen LogP contribution is -2.31. The maximum atomic E-state index is 11.1. The zero-order valence-corrected chi connectivity index (χ0v) is 9.68. The topological polar surface area (TPSA) is 72.5 Å². The highest BCUT2D eigenvalue weighted by atomic mass is 32.2. The Hall–Kier alpha value is -0.620. The molecule has 1 saturated heterocycles. The zero-order valence-electron chi connectivity index (χ0n) is 8.86. The summed E-state index contributed by atoms with van der Waals surface area (Å²) in [5.41, 5.74) is 0. The van der Waals surface area contributed by atoms with Gasteiger partial charge in [-0.2, -0.15) is 0 Å². The van der Waals surface area contributed by atoms with Crippen molar-refractivity contribution in [2.75, 3.05) is 25.2 Å². The minimum Gasteiger partial charge on any atom is -0.469 e. The van der Waals surface area contributed by atoms with Crippen molar-refractivity contribution < 1.29 is 17.9 Å². The number of carbonyl (C=O) groups is 1. The van der Waals surface area contributed by atoms with E-state index in [0.29, 0.717) is 25.8 Å². The first-order chi connectivity index (χ1) is 7.03. The molecule has 6 heteroatoms. The smallest absolute Gasteiger partial charge is 0.305 e. The lowest BCUT2D eigenvalue weighted by Gasteiger charge is -2.09. The molecule has 1 fully saturated rings. The highest BCUT2D eigenvalue weighted by Gasteiger charge is 2.26. The predicted octanol–water partition coefficient (Wildman–Crippen LogP) is -0.284. The molecule has 0 aromatic rings. The van der Waals surface area contributed by atoms with Crippen LogP contribution < -0.4 is 5.32 Å². The molecule has 1 N–H and O–H groups in total. The van der Waals surface area contributed by atoms with Crippen LogP contribution in [0, 0.1) is 0 Å². The molecule has 1 aliphatic rings. The number of methoxy groups -OCH3 is 1. The minimum atomic E-state index is -2.81. The Balaban J connectivity index is 2.09. The van der Waals surface area contributed by atoms with Gasteiger partial charge in [0.05, 0.1) is 18.6 Å². The fourth-order valence-electron chi connectivity index (χ4n) is 1.60. The van der Waals surface area contributed by atoms with E-state index in [1.807, 2.05) is 0 Å². The summed E-state index contributed by atoms with van der Waals surface area (Å²) in [7, 11) is -1.45. The number of hydrogen-bond donors (Lipinski definition) is 1. The van der Waals surface area contributed by atoms with Gasteiger partial charge in [0.25, 0.3) is 0 Å². The average molecular weight is 235 g/mol. The standard InChI is InChI=1S/C9H17NO4S/c1-14-9(11)3-2-5-10-8-4-6-15(12,13)7-8/h8,10H,2-7H2,1H3/t8-/m0/s1. The number of ether oxygens (including phenoxy) is 1. The second-order valence-corrected chi connectivity index (χ2v) is 5.96. The molecule has 0 radical (unpaired) electrons. The first-order valence-electron chi connectivity index (χ1n) is 5.04. The van der Waals surface area contributed by atoms with Crippen LogP contribution in [0.15, 0.2) is 0 Å². The molecule has 1 atom stereocenters. The van der Waals surface area contributed by atoms with Crippen LogP contribution in [0.4, 0.5) is 0 Å². The minimum absolute atomic E-state index is 0.0626. The van der Waals surface area contributed by atoms with Crippen LogP contribution in [0.1, 0.15) is 19.3 Å². The van der Waals surface area contributed by atoms with Crippen molar-refractivity contribution in [1.29, 1.82) is 0 Å². The second-order valence-electron chi connectivity index (χ2n) is 3.73. The van der Waals surface area contributed by atoms with E-state index in [4.69, 9.17) is 0 Å². The summed E-state index contributed by atoms with van der Waals surface area (Å²) in [6.07, 6.45) is 1.74. The number of sulfone groups is 1. The monoisotopic (exact) mass is 235 g/mol. The lowest BCUT2D eigenvalue weighted by molar-refractivity contribution is -0.140. The molecule has 0 unspecified atom stereocenters. The van der Waals surface area contributed by atoms with Gasteiger partial charge in [0, 0.05) is 12.5 Å². The third-order valence-corrected chi connectivity index (χ3v) is 4.22. The van der Waals surface area contributed by atoms with Gasteiger partial charge in [0.2, 0.25) is 0 Å². The molecule has 5 nitrogen and oxygen atoms in total. The Kier molecular flexibility index (Phi) is 4.53. The molecule has 1 rings (SSSR count). The zero-order chi connectivity index (χ0) is 11.3. The highest BCUT2D eigenvalue weighted by Crippen LogP contribution is 2.11. The van der Waals surface area contributed by atoms with E-state index >= 15 is 0 Å². The quantitative estimate of drug-likeness (QED) is 0.524. The molecular formula is C9H17NO4S. The third-order valence-electron chi connectivity index (χ3n) is 2.45. The summed E-state index contributed by atoms with van der Waals surface area (Å²) >= 11 is 0. The lowest BCUT2D eigenvalue weighted by atomic mass is 10.2. The molecule has 1 heterocycles. The number of nitrogens with one attached hydrogen (secondary N) is 1. The van der Waals surface area contributed by atoms with Crippen LogP contribution in [-0.2, 0) is 19.4 Å². The molecule has 15 heavy (non-hydrogen) atoms. The van der Waals surface area contributed by atoms with E-state index in [9.17, 15) is 13.2 Å². The average Bonchev–Trinajstić information content (AvgIpc) is 2.52. The third kappa shape index (κ3) is 4.61. The van der Waals surface area contributed by atoms with E-state index in [-0.39, 0.29) is 23.5 Å². The number of hydrogen-bond acceptors (Lipinski definition) is 5. The van der Waals surface area contributed by atoms with Crippen molar-refractivity contribution in [3.05, 3.63) is 0 Å². The van der Waals surface area contributed by atoms with Gasteiger partial charge in [0.1, 0.15) is 0 Å². The Labute approximate surface area is 90.1 Å². The first-order valence-corrected chi connectivity index (χ1v) is 6.86. The molecule has 0 saturated carbocycles. The van der Waals surface area contributed by atoms with Gasteiger partial charge in [-0.05, 0) is 19.4 Å². The van der Waals surface area contributed by atoms with Crippen molar-refractivity contribution in [3.8, 4) is 0 Å². The Morgan fingerprint density at radius 3 is 2.80 bits per heavy atom. The van der Waals surface area contributed by atoms with Gasteiger partial charge in [-0.3, -0.25) is 4.79 Å². The Bertz CT molecular complexity index is 312. The maximum absolute atomic E-state index is 11.1. The van der Waals surface area contributed by atoms with Crippen molar-refractivity contribution in [2.24, 2.45) is 0 Å². The van der Waals surface area contributed by atoms with Gasteiger partial charge in [-0.25, -0.2) is 8.42 Å². The van der Waals surface area contributed by atoms with Gasteiger partial charge in [-0.15, -0.1) is 0 Å². The fourth-order valence-corrected chi connectivity index (χ4v) is 3.30. The molecule has 1 aliphatic heterocycles. The van der Waals surface area contributed by atoms with Gasteiger partial charge in [-0.1, -0.05) is 0 Å². The van der Waals surface area contributed by atoms with Crippen molar-refractivity contribution in [3.63, 3.8) is 0 Å². The molecule has 0 spiro atoms. The normalized spacial score (nSPS) is 23.9. The summed E-state index contributed by atoms with van der Waals surface area (Å²) in [5.74, 6) is 0.281. The van der Waals surface area contributed by atoms with Gasteiger partial charge in [0.15, 0.2) is 9.84 Å². The van der Waals surface area contributed by atoms with E-state index in [1.54, 1.807) is 0 Å². The van der Waals surface area contributed by atoms with E-state index < -0.39 is 9.84 Å². The molecule has 88 valence electrons. The molecule has 0 aromatic heterocycles. The SMILES string of the molecule is COC(=O)CCCN[C@H]1CCS(=O)(=O)C1. The summed E-state index contributed by atoms with van der Waals surface area (Å²) in [6, 6.07) is 0.0626. The highest BCUT2D eigenvalue weighted by molar-refractivity contribution is 7.91. The second kappa shape index (κ2) is 5.46. The van der Waals surface area contributed by atoms with Crippen LogP contribution in [0.2, 0.25) is 0 Å². The van der Waals surface area contributed by atoms with Crippen LogP contribution in [-0.4, -0.2) is 45.6 Å². The summed E-state index contributed by atoms with van der Waals surface area (Å²) < 4.78 is 26.7. The van der Waals surface area contributed by atoms with Gasteiger partial charge < -0.3 is 10.1 Å². The predicted molar refractivity (Wildman–Crippen MR) is 56.3 cm³/mol. The van der Waals surface area contributed by atoms with E-state index in [1.165, 1.54) is 7.11 Å². The summed E-state index contributed by atoms with van der Waals surface area (Å²) in [4.78, 5) is 10.8. The summed E-state index contributed by atoms with van der Waals surface area (Å²) in [5, 5.41) is 3.13. The van der Waals surface area contributed by atoms with Crippen LogP contribution >= 0.6 is 0 Å². The summed E-state index contributed by atoms with van der Waals surface area (Å²) in [6.45, 7) is 0.662. The van der Waals surface area contributed by atoms with E-state index in [2.05, 4.69) is 10.1 Å². The fraction of sp³-hybridized carbons (Fsp3) is 0.889. The van der Waals surface area contributed by atoms with Crippen LogP contribution in [0.3, 0.4) is 0 Å². The van der Waals surface area contributed by atoms with Crippen molar-refractivity contribution >= 4 is 15.8 Å². The number of esters is 1.